The Hall–Kier alpha value is -1.21. The molecule has 1 aromatic rings. The summed E-state index contributed by atoms with van der Waals surface area (Å²) in [5.74, 6) is -0.360. The molecule has 1 aromatic carbocycles. The molecule has 0 fully saturated rings. The summed E-state index contributed by atoms with van der Waals surface area (Å²) in [6.07, 6.45) is 0. The predicted octanol–water partition coefficient (Wildman–Crippen LogP) is 1.32. The molecule has 0 aliphatic rings. The van der Waals surface area contributed by atoms with Crippen LogP contribution in [0, 0.1) is 0 Å². The van der Waals surface area contributed by atoms with Crippen molar-refractivity contribution in [3.05, 3.63) is 22.7 Å². The van der Waals surface area contributed by atoms with Crippen LogP contribution in [0.4, 0.5) is 10.5 Å². The van der Waals surface area contributed by atoms with Crippen molar-refractivity contribution < 1.29 is 9.59 Å². The average molecular weight is 304 g/mol. The van der Waals surface area contributed by atoms with Crippen LogP contribution in [0.2, 0.25) is 0 Å². The van der Waals surface area contributed by atoms with Gasteiger partial charge in [-0.3, -0.25) is 10.1 Å². The highest BCUT2D eigenvalue weighted by Crippen LogP contribution is 2.27. The minimum absolute atomic E-state index is 0.0869. The van der Waals surface area contributed by atoms with Gasteiger partial charge in [-0.1, -0.05) is 15.9 Å². The monoisotopic (exact) mass is 303 g/mol. The first-order valence-electron chi connectivity index (χ1n) is 4.26. The first-order chi connectivity index (χ1) is 7.49. The molecular weight excluding hydrogens is 294 g/mol. The van der Waals surface area contributed by atoms with Gasteiger partial charge in [0.2, 0.25) is 5.91 Å². The van der Waals surface area contributed by atoms with Crippen molar-refractivity contribution in [2.24, 2.45) is 5.73 Å². The molecule has 0 spiro atoms. The van der Waals surface area contributed by atoms with Crippen LogP contribution in [0.3, 0.4) is 0 Å². The van der Waals surface area contributed by atoms with Gasteiger partial charge in [-0.25, -0.2) is 4.79 Å². The van der Waals surface area contributed by atoms with Crippen LogP contribution >= 0.6 is 27.7 Å². The van der Waals surface area contributed by atoms with E-state index < -0.39 is 11.9 Å². The number of rotatable bonds is 3. The van der Waals surface area contributed by atoms with E-state index in [0.29, 0.717) is 5.69 Å². The number of halogens is 1. The van der Waals surface area contributed by atoms with Gasteiger partial charge in [-0.15, -0.1) is 11.8 Å². The van der Waals surface area contributed by atoms with Gasteiger partial charge in [0.1, 0.15) is 0 Å². The van der Waals surface area contributed by atoms with Crippen LogP contribution in [-0.4, -0.2) is 17.7 Å². The van der Waals surface area contributed by atoms with Gasteiger partial charge >= 0.3 is 6.03 Å². The number of thioether (sulfide) groups is 1. The molecule has 0 bridgehead atoms. The SMILES string of the molecule is NC(=O)NC(=O)CSc1cc(Br)ccc1N. The van der Waals surface area contributed by atoms with E-state index in [2.05, 4.69) is 15.9 Å². The lowest BCUT2D eigenvalue weighted by atomic mass is 10.3. The van der Waals surface area contributed by atoms with Gasteiger partial charge in [0.15, 0.2) is 0 Å². The smallest absolute Gasteiger partial charge is 0.318 e. The Morgan fingerprint density at radius 3 is 2.75 bits per heavy atom. The van der Waals surface area contributed by atoms with Gasteiger partial charge in [0.25, 0.3) is 0 Å². The Bertz CT molecular complexity index is 425. The Morgan fingerprint density at radius 2 is 2.12 bits per heavy atom. The summed E-state index contributed by atoms with van der Waals surface area (Å²) in [4.78, 5) is 22.3. The number of urea groups is 1. The Balaban J connectivity index is 2.57. The lowest BCUT2D eigenvalue weighted by molar-refractivity contribution is -0.117. The molecule has 16 heavy (non-hydrogen) atoms. The zero-order valence-corrected chi connectivity index (χ0v) is 10.6. The van der Waals surface area contributed by atoms with Crippen LogP contribution in [0.1, 0.15) is 0 Å². The molecule has 1 rings (SSSR count). The molecule has 0 aliphatic carbocycles. The normalized spacial score (nSPS) is 9.81. The highest BCUT2D eigenvalue weighted by Gasteiger charge is 2.07. The molecule has 0 unspecified atom stereocenters. The van der Waals surface area contributed by atoms with E-state index in [4.69, 9.17) is 11.5 Å². The Kier molecular flexibility index (Phi) is 4.63. The van der Waals surface area contributed by atoms with Crippen LogP contribution < -0.4 is 16.8 Å². The third kappa shape index (κ3) is 4.11. The second kappa shape index (κ2) is 5.76. The fourth-order valence-electron chi connectivity index (χ4n) is 0.950. The van der Waals surface area contributed by atoms with E-state index >= 15 is 0 Å². The van der Waals surface area contributed by atoms with Crippen LogP contribution in [0.5, 0.6) is 0 Å². The van der Waals surface area contributed by atoms with Crippen molar-refractivity contribution in [2.75, 3.05) is 11.5 Å². The lowest BCUT2D eigenvalue weighted by Crippen LogP contribution is -2.36. The number of nitrogens with two attached hydrogens (primary N) is 2. The number of hydrogen-bond donors (Lipinski definition) is 3. The molecule has 3 amide bonds. The fraction of sp³-hybridized carbons (Fsp3) is 0.111. The Labute approximate surface area is 105 Å². The molecule has 0 aliphatic heterocycles. The van der Waals surface area contributed by atoms with Gasteiger partial charge in [-0.2, -0.15) is 0 Å². The van der Waals surface area contributed by atoms with Crippen LogP contribution in [0.15, 0.2) is 27.6 Å². The topological polar surface area (TPSA) is 98.2 Å². The summed E-state index contributed by atoms with van der Waals surface area (Å²) in [5.41, 5.74) is 11.1. The maximum absolute atomic E-state index is 11.1. The number of carbonyl (C=O) groups is 2. The summed E-state index contributed by atoms with van der Waals surface area (Å²) in [7, 11) is 0. The van der Waals surface area contributed by atoms with Crippen molar-refractivity contribution in [3.63, 3.8) is 0 Å². The molecule has 0 radical (unpaired) electrons. The second-order valence-electron chi connectivity index (χ2n) is 2.88. The number of imide groups is 1. The molecule has 0 atom stereocenters. The van der Waals surface area contributed by atoms with Crippen molar-refractivity contribution in [2.45, 2.75) is 4.90 Å². The zero-order valence-electron chi connectivity index (χ0n) is 8.20. The summed E-state index contributed by atoms with van der Waals surface area (Å²) < 4.78 is 0.875. The molecule has 0 aromatic heterocycles. The van der Waals surface area contributed by atoms with Crippen molar-refractivity contribution in [1.82, 2.24) is 5.32 Å². The lowest BCUT2D eigenvalue weighted by Gasteiger charge is -2.05. The maximum atomic E-state index is 11.1. The minimum Gasteiger partial charge on any atom is -0.398 e. The van der Waals surface area contributed by atoms with Gasteiger partial charge < -0.3 is 11.5 Å². The standard InChI is InChI=1S/C9H10BrN3O2S/c10-5-1-2-6(11)7(3-5)16-4-8(14)13-9(12)15/h1-3H,4,11H2,(H3,12,13,14,15). The van der Waals surface area contributed by atoms with E-state index in [1.165, 1.54) is 11.8 Å². The second-order valence-corrected chi connectivity index (χ2v) is 4.82. The third-order valence-corrected chi connectivity index (χ3v) is 3.16. The molecule has 5 nitrogen and oxygen atoms in total. The molecule has 86 valence electrons. The van der Waals surface area contributed by atoms with E-state index in [9.17, 15) is 9.59 Å². The number of hydrogen-bond acceptors (Lipinski definition) is 4. The van der Waals surface area contributed by atoms with Gasteiger partial charge in [0, 0.05) is 15.1 Å². The van der Waals surface area contributed by atoms with Crippen molar-refractivity contribution in [1.29, 1.82) is 0 Å². The highest BCUT2D eigenvalue weighted by atomic mass is 79.9. The minimum atomic E-state index is -0.854. The first-order valence-corrected chi connectivity index (χ1v) is 6.04. The number of benzene rings is 1. The van der Waals surface area contributed by atoms with Gasteiger partial charge in [-0.05, 0) is 18.2 Å². The number of anilines is 1. The van der Waals surface area contributed by atoms with Gasteiger partial charge in [0.05, 0.1) is 5.75 Å². The maximum Gasteiger partial charge on any atom is 0.318 e. The first kappa shape index (κ1) is 12.9. The van der Waals surface area contributed by atoms with E-state index in [0.717, 1.165) is 9.37 Å². The average Bonchev–Trinajstić information content (AvgIpc) is 2.18. The fourth-order valence-corrected chi connectivity index (χ4v) is 2.27. The van der Waals surface area contributed by atoms with E-state index in [1.54, 1.807) is 12.1 Å². The molecule has 0 saturated carbocycles. The molecule has 0 saturated heterocycles. The quantitative estimate of drug-likeness (QED) is 0.579. The molecular formula is C9H10BrN3O2S. The molecule has 0 heterocycles. The van der Waals surface area contributed by atoms with Crippen LogP contribution in [-0.2, 0) is 4.79 Å². The number of primary amides is 1. The van der Waals surface area contributed by atoms with E-state index in [1.807, 2.05) is 11.4 Å². The summed E-state index contributed by atoms with van der Waals surface area (Å²) in [5, 5.41) is 1.97. The largest absolute Gasteiger partial charge is 0.398 e. The molecule has 7 heteroatoms. The highest BCUT2D eigenvalue weighted by molar-refractivity contribution is 9.10. The van der Waals surface area contributed by atoms with Crippen LogP contribution in [0.25, 0.3) is 0 Å². The summed E-state index contributed by atoms with van der Waals surface area (Å²) >= 11 is 4.54. The number of nitrogen functional groups attached to an aromatic ring is 1. The Morgan fingerprint density at radius 1 is 1.44 bits per heavy atom. The van der Waals surface area contributed by atoms with Crippen molar-refractivity contribution >= 4 is 45.3 Å². The summed E-state index contributed by atoms with van der Waals surface area (Å²) in [6, 6.07) is 4.49. The number of carbonyl (C=O) groups excluding carboxylic acids is 2. The van der Waals surface area contributed by atoms with Crippen molar-refractivity contribution in [3.8, 4) is 0 Å². The summed E-state index contributed by atoms with van der Waals surface area (Å²) in [6.45, 7) is 0. The molecule has 5 N–H and O–H groups in total. The zero-order chi connectivity index (χ0) is 12.1. The number of nitrogens with one attached hydrogen (secondary N) is 1. The third-order valence-electron chi connectivity index (χ3n) is 1.60. The number of amides is 3. The van der Waals surface area contributed by atoms with E-state index in [-0.39, 0.29) is 5.75 Å². The predicted molar refractivity (Wildman–Crippen MR) is 67.0 cm³/mol.